The summed E-state index contributed by atoms with van der Waals surface area (Å²) in [4.78, 5) is 0. The van der Waals surface area contributed by atoms with Crippen LogP contribution in [0, 0.1) is 0 Å². The van der Waals surface area contributed by atoms with E-state index in [1.807, 2.05) is 12.1 Å². The number of fused-ring (bicyclic) bond motifs is 1. The molecule has 0 fully saturated rings. The van der Waals surface area contributed by atoms with Gasteiger partial charge in [-0.25, -0.2) is 0 Å². The standard InChI is InChI=1S/C18H16BrNO/c1-21-14-8-6-13(7-9-14)12-20-18-11-10-17(19)15-4-2-3-5-16(15)18/h2-11,20H,12H2,1H3. The zero-order valence-electron chi connectivity index (χ0n) is 11.8. The highest BCUT2D eigenvalue weighted by Gasteiger charge is 2.03. The second-order valence-corrected chi connectivity index (χ2v) is 5.70. The van der Waals surface area contributed by atoms with E-state index in [1.54, 1.807) is 7.11 Å². The van der Waals surface area contributed by atoms with Crippen molar-refractivity contribution in [3.63, 3.8) is 0 Å². The fourth-order valence-corrected chi connectivity index (χ4v) is 2.84. The molecule has 0 heterocycles. The Labute approximate surface area is 132 Å². The molecular formula is C18H16BrNO. The van der Waals surface area contributed by atoms with E-state index in [1.165, 1.54) is 16.3 Å². The van der Waals surface area contributed by atoms with E-state index < -0.39 is 0 Å². The number of rotatable bonds is 4. The highest BCUT2D eigenvalue weighted by Crippen LogP contribution is 2.30. The maximum atomic E-state index is 5.18. The lowest BCUT2D eigenvalue weighted by atomic mass is 10.1. The van der Waals surface area contributed by atoms with Crippen LogP contribution in [-0.2, 0) is 6.54 Å². The Morgan fingerprint density at radius 3 is 2.33 bits per heavy atom. The Balaban J connectivity index is 1.83. The summed E-state index contributed by atoms with van der Waals surface area (Å²) in [5.74, 6) is 0.882. The molecule has 0 amide bonds. The lowest BCUT2D eigenvalue weighted by Crippen LogP contribution is -2.00. The van der Waals surface area contributed by atoms with Crippen molar-refractivity contribution in [3.8, 4) is 5.75 Å². The molecule has 0 aliphatic carbocycles. The Morgan fingerprint density at radius 1 is 0.905 bits per heavy atom. The van der Waals surface area contributed by atoms with Crippen LogP contribution >= 0.6 is 15.9 Å². The lowest BCUT2D eigenvalue weighted by Gasteiger charge is -2.11. The van der Waals surface area contributed by atoms with Crippen molar-refractivity contribution in [3.05, 3.63) is 70.7 Å². The highest BCUT2D eigenvalue weighted by atomic mass is 79.9. The van der Waals surface area contributed by atoms with Crippen molar-refractivity contribution in [2.75, 3.05) is 12.4 Å². The van der Waals surface area contributed by atoms with Gasteiger partial charge in [0.15, 0.2) is 0 Å². The fourth-order valence-electron chi connectivity index (χ4n) is 2.36. The van der Waals surface area contributed by atoms with Crippen LogP contribution in [0.3, 0.4) is 0 Å². The van der Waals surface area contributed by atoms with E-state index in [2.05, 4.69) is 69.8 Å². The predicted octanol–water partition coefficient (Wildman–Crippen LogP) is 5.22. The molecule has 0 aliphatic rings. The minimum atomic E-state index is 0.787. The van der Waals surface area contributed by atoms with Gasteiger partial charge in [0, 0.05) is 22.1 Å². The van der Waals surface area contributed by atoms with Gasteiger partial charge < -0.3 is 10.1 Å². The van der Waals surface area contributed by atoms with Crippen molar-refractivity contribution in [1.29, 1.82) is 0 Å². The average Bonchev–Trinajstić information content (AvgIpc) is 2.55. The van der Waals surface area contributed by atoms with Crippen LogP contribution in [0.5, 0.6) is 5.75 Å². The van der Waals surface area contributed by atoms with Crippen molar-refractivity contribution in [2.45, 2.75) is 6.54 Å². The number of nitrogens with one attached hydrogen (secondary N) is 1. The first-order chi connectivity index (χ1) is 10.3. The molecule has 3 aromatic carbocycles. The van der Waals surface area contributed by atoms with Crippen molar-refractivity contribution in [1.82, 2.24) is 0 Å². The largest absolute Gasteiger partial charge is 0.497 e. The molecule has 3 aromatic rings. The summed E-state index contributed by atoms with van der Waals surface area (Å²) in [6.07, 6.45) is 0. The molecule has 3 rings (SSSR count). The van der Waals surface area contributed by atoms with Gasteiger partial charge in [0.05, 0.1) is 7.11 Å². The van der Waals surface area contributed by atoms with Gasteiger partial charge in [0.1, 0.15) is 5.75 Å². The van der Waals surface area contributed by atoms with Crippen LogP contribution in [0.1, 0.15) is 5.56 Å². The van der Waals surface area contributed by atoms with E-state index in [9.17, 15) is 0 Å². The minimum absolute atomic E-state index is 0.787. The zero-order chi connectivity index (χ0) is 14.7. The second-order valence-electron chi connectivity index (χ2n) is 4.84. The number of ether oxygens (including phenoxy) is 1. The van der Waals surface area contributed by atoms with Crippen LogP contribution in [0.2, 0.25) is 0 Å². The van der Waals surface area contributed by atoms with Crippen LogP contribution in [0.25, 0.3) is 10.8 Å². The van der Waals surface area contributed by atoms with Crippen LogP contribution < -0.4 is 10.1 Å². The highest BCUT2D eigenvalue weighted by molar-refractivity contribution is 9.10. The van der Waals surface area contributed by atoms with E-state index in [-0.39, 0.29) is 0 Å². The minimum Gasteiger partial charge on any atom is -0.497 e. The summed E-state index contributed by atoms with van der Waals surface area (Å²) in [6.45, 7) is 0.787. The third kappa shape index (κ3) is 3.03. The monoisotopic (exact) mass is 341 g/mol. The van der Waals surface area contributed by atoms with Gasteiger partial charge in [-0.15, -0.1) is 0 Å². The number of hydrogen-bond donors (Lipinski definition) is 1. The number of methoxy groups -OCH3 is 1. The van der Waals surface area contributed by atoms with Gasteiger partial charge in [-0.1, -0.05) is 52.3 Å². The summed E-state index contributed by atoms with van der Waals surface area (Å²) < 4.78 is 6.30. The Kier molecular flexibility index (Phi) is 4.11. The summed E-state index contributed by atoms with van der Waals surface area (Å²) in [5.41, 5.74) is 2.37. The maximum Gasteiger partial charge on any atom is 0.118 e. The van der Waals surface area contributed by atoms with E-state index >= 15 is 0 Å². The SMILES string of the molecule is COc1ccc(CNc2ccc(Br)c3ccccc23)cc1. The molecular weight excluding hydrogens is 326 g/mol. The van der Waals surface area contributed by atoms with Gasteiger partial charge in [-0.3, -0.25) is 0 Å². The van der Waals surface area contributed by atoms with Gasteiger partial charge in [-0.2, -0.15) is 0 Å². The number of halogens is 1. The third-order valence-electron chi connectivity index (χ3n) is 3.51. The number of hydrogen-bond acceptors (Lipinski definition) is 2. The molecule has 0 saturated carbocycles. The van der Waals surface area contributed by atoms with Crippen molar-refractivity contribution >= 4 is 32.4 Å². The quantitative estimate of drug-likeness (QED) is 0.702. The first kappa shape index (κ1) is 14.0. The third-order valence-corrected chi connectivity index (χ3v) is 4.20. The van der Waals surface area contributed by atoms with E-state index in [4.69, 9.17) is 4.74 Å². The number of anilines is 1. The predicted molar refractivity (Wildman–Crippen MR) is 92.0 cm³/mol. The molecule has 2 nitrogen and oxygen atoms in total. The topological polar surface area (TPSA) is 21.3 Å². The van der Waals surface area contributed by atoms with E-state index in [0.717, 1.165) is 22.5 Å². The van der Waals surface area contributed by atoms with Crippen LogP contribution in [0.15, 0.2) is 65.1 Å². The van der Waals surface area contributed by atoms with Gasteiger partial charge >= 0.3 is 0 Å². The fraction of sp³-hybridized carbons (Fsp3) is 0.111. The molecule has 0 spiro atoms. The first-order valence-corrected chi connectivity index (χ1v) is 7.61. The summed E-state index contributed by atoms with van der Waals surface area (Å²) in [6, 6.07) is 20.7. The second kappa shape index (κ2) is 6.19. The lowest BCUT2D eigenvalue weighted by molar-refractivity contribution is 0.414. The average molecular weight is 342 g/mol. The Bertz CT molecular complexity index is 753. The summed E-state index contributed by atoms with van der Waals surface area (Å²) >= 11 is 3.60. The van der Waals surface area contributed by atoms with Gasteiger partial charge in [-0.05, 0) is 35.2 Å². The maximum absolute atomic E-state index is 5.18. The molecule has 21 heavy (non-hydrogen) atoms. The molecule has 0 saturated heterocycles. The number of benzene rings is 3. The Morgan fingerprint density at radius 2 is 1.62 bits per heavy atom. The molecule has 0 radical (unpaired) electrons. The molecule has 1 N–H and O–H groups in total. The molecule has 106 valence electrons. The van der Waals surface area contributed by atoms with Gasteiger partial charge in [0.25, 0.3) is 0 Å². The van der Waals surface area contributed by atoms with E-state index in [0.29, 0.717) is 0 Å². The smallest absolute Gasteiger partial charge is 0.118 e. The summed E-state index contributed by atoms with van der Waals surface area (Å²) in [5, 5.41) is 5.95. The van der Waals surface area contributed by atoms with Crippen LogP contribution in [0.4, 0.5) is 5.69 Å². The molecule has 0 aromatic heterocycles. The molecule has 0 bridgehead atoms. The van der Waals surface area contributed by atoms with Crippen molar-refractivity contribution in [2.24, 2.45) is 0 Å². The zero-order valence-corrected chi connectivity index (χ0v) is 13.4. The normalized spacial score (nSPS) is 10.6. The molecule has 0 aliphatic heterocycles. The molecule has 0 unspecified atom stereocenters. The Hall–Kier alpha value is -2.00. The molecule has 3 heteroatoms. The molecule has 0 atom stereocenters. The van der Waals surface area contributed by atoms with Gasteiger partial charge in [0.2, 0.25) is 0 Å². The van der Waals surface area contributed by atoms with Crippen molar-refractivity contribution < 1.29 is 4.74 Å². The summed E-state index contributed by atoms with van der Waals surface area (Å²) in [7, 11) is 1.68. The van der Waals surface area contributed by atoms with Crippen LogP contribution in [-0.4, -0.2) is 7.11 Å². The first-order valence-electron chi connectivity index (χ1n) is 6.82.